The molecule has 1 heterocycles. The smallest absolute Gasteiger partial charge is 0.140 e. The van der Waals surface area contributed by atoms with Crippen LogP contribution in [-0.4, -0.2) is 23.6 Å². The molecule has 1 atom stereocenters. The number of hydrogen-bond acceptors (Lipinski definition) is 4. The topological polar surface area (TPSA) is 70.6 Å². The lowest BCUT2D eigenvalue weighted by Crippen LogP contribution is -2.34. The van der Waals surface area contributed by atoms with Crippen molar-refractivity contribution in [2.75, 3.05) is 6.54 Å². The normalized spacial score (nSPS) is 13.9. The first-order valence-corrected chi connectivity index (χ1v) is 6.41. The molecule has 1 unspecified atom stereocenters. The molecule has 0 amide bonds. The minimum Gasteiger partial charge on any atom is -0.409 e. The second kappa shape index (κ2) is 7.24. The fourth-order valence-corrected chi connectivity index (χ4v) is 2.21. The fourth-order valence-electron chi connectivity index (χ4n) is 1.51. The summed E-state index contributed by atoms with van der Waals surface area (Å²) in [7, 11) is 0. The van der Waals surface area contributed by atoms with Gasteiger partial charge in [0.25, 0.3) is 0 Å². The van der Waals surface area contributed by atoms with E-state index in [1.54, 1.807) is 11.3 Å². The van der Waals surface area contributed by atoms with Crippen LogP contribution in [0.5, 0.6) is 0 Å². The van der Waals surface area contributed by atoms with Gasteiger partial charge in [-0.2, -0.15) is 11.3 Å². The van der Waals surface area contributed by atoms with E-state index in [4.69, 9.17) is 10.9 Å². The van der Waals surface area contributed by atoms with Gasteiger partial charge in [0.1, 0.15) is 5.84 Å². The summed E-state index contributed by atoms with van der Waals surface area (Å²) >= 11 is 1.72. The Morgan fingerprint density at radius 1 is 1.69 bits per heavy atom. The van der Waals surface area contributed by atoms with Crippen LogP contribution in [0.2, 0.25) is 0 Å². The second-order valence-corrected chi connectivity index (χ2v) is 4.52. The van der Waals surface area contributed by atoms with E-state index in [0.29, 0.717) is 6.42 Å². The molecule has 0 bridgehead atoms. The maximum atomic E-state index is 8.49. The molecule has 1 aromatic rings. The zero-order valence-electron chi connectivity index (χ0n) is 9.52. The summed E-state index contributed by atoms with van der Waals surface area (Å²) in [6.07, 6.45) is 2.59. The van der Waals surface area contributed by atoms with Gasteiger partial charge < -0.3 is 16.3 Å². The Morgan fingerprint density at radius 2 is 2.50 bits per heavy atom. The number of oxime groups is 1. The van der Waals surface area contributed by atoms with Crippen molar-refractivity contribution in [1.82, 2.24) is 5.32 Å². The molecule has 4 N–H and O–H groups in total. The summed E-state index contributed by atoms with van der Waals surface area (Å²) in [4.78, 5) is 0. The standard InChI is InChI=1S/C11H19N3OS/c1-2-10(7-11(12)14-15)13-5-3-9-4-6-16-8-9/h4,6,8,10,13,15H,2-3,5,7H2,1H3,(H2,12,14). The Bertz CT molecular complexity index is 311. The summed E-state index contributed by atoms with van der Waals surface area (Å²) in [5.74, 6) is 0.287. The van der Waals surface area contributed by atoms with Gasteiger partial charge in [-0.25, -0.2) is 0 Å². The lowest BCUT2D eigenvalue weighted by molar-refractivity contribution is 0.315. The fraction of sp³-hybridized carbons (Fsp3) is 0.545. The number of amidine groups is 1. The first-order valence-electron chi connectivity index (χ1n) is 5.47. The number of nitrogens with zero attached hydrogens (tertiary/aromatic N) is 1. The zero-order chi connectivity index (χ0) is 11.8. The minimum atomic E-state index is 0.287. The van der Waals surface area contributed by atoms with Crippen molar-refractivity contribution in [1.29, 1.82) is 0 Å². The number of nitrogens with two attached hydrogens (primary N) is 1. The second-order valence-electron chi connectivity index (χ2n) is 3.74. The third kappa shape index (κ3) is 4.63. The molecular formula is C11H19N3OS. The lowest BCUT2D eigenvalue weighted by Gasteiger charge is -2.15. The van der Waals surface area contributed by atoms with E-state index in [1.807, 2.05) is 0 Å². The van der Waals surface area contributed by atoms with Gasteiger partial charge in [-0.15, -0.1) is 0 Å². The Hall–Kier alpha value is -1.07. The molecule has 4 nitrogen and oxygen atoms in total. The van der Waals surface area contributed by atoms with E-state index < -0.39 is 0 Å². The van der Waals surface area contributed by atoms with Crippen LogP contribution in [0.1, 0.15) is 25.3 Å². The van der Waals surface area contributed by atoms with Gasteiger partial charge in [-0.1, -0.05) is 12.1 Å². The van der Waals surface area contributed by atoms with Crippen LogP contribution in [0.3, 0.4) is 0 Å². The van der Waals surface area contributed by atoms with Crippen LogP contribution in [0.15, 0.2) is 22.0 Å². The van der Waals surface area contributed by atoms with Gasteiger partial charge in [0.05, 0.1) is 0 Å². The molecule has 1 aromatic heterocycles. The van der Waals surface area contributed by atoms with Gasteiger partial charge in [0, 0.05) is 12.5 Å². The largest absolute Gasteiger partial charge is 0.409 e. The van der Waals surface area contributed by atoms with Crippen LogP contribution in [-0.2, 0) is 6.42 Å². The molecule has 1 rings (SSSR count). The first-order chi connectivity index (χ1) is 7.76. The van der Waals surface area contributed by atoms with E-state index in [-0.39, 0.29) is 11.9 Å². The minimum absolute atomic E-state index is 0.287. The summed E-state index contributed by atoms with van der Waals surface area (Å²) in [5.41, 5.74) is 6.83. The van der Waals surface area contributed by atoms with Crippen molar-refractivity contribution >= 4 is 17.2 Å². The van der Waals surface area contributed by atoms with Crippen LogP contribution < -0.4 is 11.1 Å². The van der Waals surface area contributed by atoms with Crippen molar-refractivity contribution < 1.29 is 5.21 Å². The first kappa shape index (κ1) is 13.0. The molecule has 5 heteroatoms. The average Bonchev–Trinajstić information content (AvgIpc) is 2.80. The third-order valence-electron chi connectivity index (χ3n) is 2.50. The predicted molar refractivity (Wildman–Crippen MR) is 68.1 cm³/mol. The molecule has 0 aliphatic rings. The van der Waals surface area contributed by atoms with Gasteiger partial charge in [-0.05, 0) is 41.8 Å². The highest BCUT2D eigenvalue weighted by molar-refractivity contribution is 7.07. The number of nitrogens with one attached hydrogen (secondary N) is 1. The van der Waals surface area contributed by atoms with E-state index in [0.717, 1.165) is 19.4 Å². The third-order valence-corrected chi connectivity index (χ3v) is 3.24. The van der Waals surface area contributed by atoms with E-state index in [2.05, 4.69) is 34.2 Å². The van der Waals surface area contributed by atoms with Gasteiger partial charge >= 0.3 is 0 Å². The molecule has 0 aliphatic carbocycles. The molecule has 90 valence electrons. The monoisotopic (exact) mass is 241 g/mol. The van der Waals surface area contributed by atoms with Gasteiger partial charge in [0.15, 0.2) is 0 Å². The predicted octanol–water partition coefficient (Wildman–Crippen LogP) is 1.80. The van der Waals surface area contributed by atoms with Gasteiger partial charge in [-0.3, -0.25) is 0 Å². The molecule has 0 saturated carbocycles. The molecule has 0 fully saturated rings. The molecule has 0 radical (unpaired) electrons. The van der Waals surface area contributed by atoms with Crippen LogP contribution in [0.4, 0.5) is 0 Å². The summed E-state index contributed by atoms with van der Waals surface area (Å²) in [5, 5.41) is 19.1. The van der Waals surface area contributed by atoms with Crippen molar-refractivity contribution in [2.45, 2.75) is 32.2 Å². The molecule has 0 saturated heterocycles. The average molecular weight is 241 g/mol. The molecular weight excluding hydrogens is 222 g/mol. The maximum absolute atomic E-state index is 8.49. The number of hydrogen-bond donors (Lipinski definition) is 3. The molecule has 16 heavy (non-hydrogen) atoms. The Morgan fingerprint density at radius 3 is 3.06 bits per heavy atom. The Balaban J connectivity index is 2.23. The SMILES string of the molecule is CCC(CC(N)=NO)NCCc1ccsc1. The lowest BCUT2D eigenvalue weighted by atomic mass is 10.1. The summed E-state index contributed by atoms with van der Waals surface area (Å²) in [6, 6.07) is 2.42. The molecule has 0 aromatic carbocycles. The van der Waals surface area contributed by atoms with Crippen LogP contribution in [0, 0.1) is 0 Å². The van der Waals surface area contributed by atoms with E-state index in [1.165, 1.54) is 5.56 Å². The van der Waals surface area contributed by atoms with Crippen molar-refractivity contribution in [3.8, 4) is 0 Å². The van der Waals surface area contributed by atoms with E-state index in [9.17, 15) is 0 Å². The quantitative estimate of drug-likeness (QED) is 0.295. The van der Waals surface area contributed by atoms with Crippen molar-refractivity contribution in [2.24, 2.45) is 10.9 Å². The maximum Gasteiger partial charge on any atom is 0.140 e. The van der Waals surface area contributed by atoms with Crippen molar-refractivity contribution in [3.63, 3.8) is 0 Å². The highest BCUT2D eigenvalue weighted by atomic mass is 32.1. The number of rotatable bonds is 7. The van der Waals surface area contributed by atoms with Gasteiger partial charge in [0.2, 0.25) is 0 Å². The molecule has 0 spiro atoms. The summed E-state index contributed by atoms with van der Waals surface area (Å²) in [6.45, 7) is 3.01. The zero-order valence-corrected chi connectivity index (χ0v) is 10.3. The molecule has 0 aliphatic heterocycles. The Kier molecular flexibility index (Phi) is 5.88. The Labute approximate surface area is 100 Å². The van der Waals surface area contributed by atoms with Crippen LogP contribution in [0.25, 0.3) is 0 Å². The van der Waals surface area contributed by atoms with E-state index >= 15 is 0 Å². The highest BCUT2D eigenvalue weighted by Gasteiger charge is 2.07. The van der Waals surface area contributed by atoms with Crippen molar-refractivity contribution in [3.05, 3.63) is 22.4 Å². The summed E-state index contributed by atoms with van der Waals surface area (Å²) < 4.78 is 0. The highest BCUT2D eigenvalue weighted by Crippen LogP contribution is 2.06. The van der Waals surface area contributed by atoms with Crippen LogP contribution >= 0.6 is 11.3 Å². The number of thiophene rings is 1.